The summed E-state index contributed by atoms with van der Waals surface area (Å²) in [6.07, 6.45) is 0.619. The van der Waals surface area contributed by atoms with Gasteiger partial charge in [0.2, 0.25) is 5.91 Å². The lowest BCUT2D eigenvalue weighted by atomic mass is 10.00. The molecule has 1 N–H and O–H groups in total. The van der Waals surface area contributed by atoms with Crippen molar-refractivity contribution in [2.75, 3.05) is 20.2 Å². The summed E-state index contributed by atoms with van der Waals surface area (Å²) in [7, 11) is 1.70. The zero-order valence-corrected chi connectivity index (χ0v) is 10.9. The van der Waals surface area contributed by atoms with E-state index in [-0.39, 0.29) is 18.4 Å². The van der Waals surface area contributed by atoms with E-state index < -0.39 is 0 Å². The lowest BCUT2D eigenvalue weighted by Gasteiger charge is -2.20. The van der Waals surface area contributed by atoms with Gasteiger partial charge < -0.3 is 10.0 Å². The number of likely N-dealkylation sites (N-methyl/N-ethyl adjacent to an activating group) is 1. The number of hydrogen-bond acceptors (Lipinski definition) is 2. The second-order valence-electron chi connectivity index (χ2n) is 4.18. The second kappa shape index (κ2) is 6.62. The van der Waals surface area contributed by atoms with Crippen LogP contribution in [0.15, 0.2) is 24.3 Å². The average molecular weight is 256 g/mol. The molecule has 0 heterocycles. The van der Waals surface area contributed by atoms with E-state index in [1.165, 1.54) is 0 Å². The molecule has 3 nitrogen and oxygen atoms in total. The van der Waals surface area contributed by atoms with Gasteiger partial charge in [-0.25, -0.2) is 0 Å². The molecule has 0 spiro atoms. The fraction of sp³-hybridized carbons (Fsp3) is 0.462. The Kier molecular flexibility index (Phi) is 5.45. The van der Waals surface area contributed by atoms with E-state index in [2.05, 4.69) is 0 Å². The Balaban J connectivity index is 2.63. The van der Waals surface area contributed by atoms with Gasteiger partial charge in [-0.15, -0.1) is 0 Å². The molecule has 1 unspecified atom stereocenters. The van der Waals surface area contributed by atoms with Crippen LogP contribution < -0.4 is 0 Å². The van der Waals surface area contributed by atoms with Crippen molar-refractivity contribution in [2.45, 2.75) is 13.3 Å². The van der Waals surface area contributed by atoms with E-state index in [1.54, 1.807) is 11.9 Å². The van der Waals surface area contributed by atoms with Gasteiger partial charge in [-0.3, -0.25) is 4.79 Å². The van der Waals surface area contributed by atoms with Crippen LogP contribution in [-0.4, -0.2) is 36.1 Å². The summed E-state index contributed by atoms with van der Waals surface area (Å²) in [5, 5.41) is 9.48. The Morgan fingerprint density at radius 2 is 2.12 bits per heavy atom. The van der Waals surface area contributed by atoms with Crippen LogP contribution in [0, 0.1) is 5.92 Å². The van der Waals surface area contributed by atoms with E-state index in [0.717, 1.165) is 5.56 Å². The fourth-order valence-corrected chi connectivity index (χ4v) is 1.93. The van der Waals surface area contributed by atoms with Crippen LogP contribution in [-0.2, 0) is 11.2 Å². The number of carbonyl (C=O) groups excluding carboxylic acids is 1. The van der Waals surface area contributed by atoms with E-state index in [1.807, 2.05) is 31.2 Å². The Morgan fingerprint density at radius 1 is 1.47 bits per heavy atom. The van der Waals surface area contributed by atoms with Crippen LogP contribution in [0.3, 0.4) is 0 Å². The Labute approximate surface area is 107 Å². The normalized spacial score (nSPS) is 12.2. The number of aliphatic hydroxyl groups is 1. The Bertz CT molecular complexity index is 381. The van der Waals surface area contributed by atoms with E-state index in [4.69, 9.17) is 16.7 Å². The van der Waals surface area contributed by atoms with Gasteiger partial charge in [-0.05, 0) is 18.1 Å². The first-order valence-corrected chi connectivity index (χ1v) is 6.03. The number of aliphatic hydroxyl groups excluding tert-OH is 1. The molecule has 0 fully saturated rings. The number of nitrogens with zero attached hydrogens (tertiary/aromatic N) is 1. The van der Waals surface area contributed by atoms with Crippen molar-refractivity contribution >= 4 is 17.5 Å². The molecule has 1 rings (SSSR count). The molecule has 0 aromatic heterocycles. The standard InChI is InChI=1S/C13H18ClNO2/c1-10(13(17)15(2)7-8-16)9-11-5-3-4-6-12(11)14/h3-6,10,16H,7-9H2,1-2H3. The predicted molar refractivity (Wildman–Crippen MR) is 69.0 cm³/mol. The van der Waals surface area contributed by atoms with Crippen molar-refractivity contribution in [3.05, 3.63) is 34.9 Å². The predicted octanol–water partition coefficient (Wildman–Crippen LogP) is 1.97. The number of carbonyl (C=O) groups is 1. The van der Waals surface area contributed by atoms with Gasteiger partial charge in [-0.2, -0.15) is 0 Å². The largest absolute Gasteiger partial charge is 0.395 e. The maximum Gasteiger partial charge on any atom is 0.225 e. The molecule has 1 atom stereocenters. The van der Waals surface area contributed by atoms with Gasteiger partial charge in [0.25, 0.3) is 0 Å². The van der Waals surface area contributed by atoms with E-state index >= 15 is 0 Å². The summed E-state index contributed by atoms with van der Waals surface area (Å²) in [4.78, 5) is 13.5. The monoisotopic (exact) mass is 255 g/mol. The molecule has 0 saturated carbocycles. The molecule has 0 bridgehead atoms. The van der Waals surface area contributed by atoms with Crippen LogP contribution >= 0.6 is 11.6 Å². The topological polar surface area (TPSA) is 40.5 Å². The average Bonchev–Trinajstić information content (AvgIpc) is 2.31. The third-order valence-electron chi connectivity index (χ3n) is 2.72. The van der Waals surface area contributed by atoms with Crippen molar-refractivity contribution in [3.8, 4) is 0 Å². The minimum absolute atomic E-state index is 0.0128. The molecule has 0 aliphatic rings. The van der Waals surface area contributed by atoms with Crippen molar-refractivity contribution in [2.24, 2.45) is 5.92 Å². The molecular weight excluding hydrogens is 238 g/mol. The molecule has 0 aliphatic heterocycles. The highest BCUT2D eigenvalue weighted by molar-refractivity contribution is 6.31. The highest BCUT2D eigenvalue weighted by Crippen LogP contribution is 2.19. The lowest BCUT2D eigenvalue weighted by molar-refractivity contribution is -0.134. The molecule has 17 heavy (non-hydrogen) atoms. The van der Waals surface area contributed by atoms with Gasteiger partial charge in [0.05, 0.1) is 6.61 Å². The van der Waals surface area contributed by atoms with Crippen molar-refractivity contribution < 1.29 is 9.90 Å². The van der Waals surface area contributed by atoms with E-state index in [0.29, 0.717) is 18.0 Å². The zero-order chi connectivity index (χ0) is 12.8. The summed E-state index contributed by atoms with van der Waals surface area (Å²) in [6, 6.07) is 7.54. The molecule has 1 aromatic carbocycles. The molecule has 94 valence electrons. The van der Waals surface area contributed by atoms with E-state index in [9.17, 15) is 4.79 Å². The fourth-order valence-electron chi connectivity index (χ4n) is 1.72. The van der Waals surface area contributed by atoms with Crippen LogP contribution in [0.25, 0.3) is 0 Å². The number of hydrogen-bond donors (Lipinski definition) is 1. The molecule has 0 aliphatic carbocycles. The number of benzene rings is 1. The number of rotatable bonds is 5. The smallest absolute Gasteiger partial charge is 0.225 e. The first-order chi connectivity index (χ1) is 8.06. The van der Waals surface area contributed by atoms with Gasteiger partial charge in [-0.1, -0.05) is 36.7 Å². The van der Waals surface area contributed by atoms with Crippen molar-refractivity contribution in [1.82, 2.24) is 4.90 Å². The number of amides is 1. The first-order valence-electron chi connectivity index (χ1n) is 5.65. The van der Waals surface area contributed by atoms with Crippen LogP contribution in [0.4, 0.5) is 0 Å². The third kappa shape index (κ3) is 4.02. The molecule has 1 amide bonds. The Hall–Kier alpha value is -1.06. The van der Waals surface area contributed by atoms with Crippen LogP contribution in [0.5, 0.6) is 0 Å². The van der Waals surface area contributed by atoms with Crippen LogP contribution in [0.2, 0.25) is 5.02 Å². The summed E-state index contributed by atoms with van der Waals surface area (Å²) < 4.78 is 0. The Morgan fingerprint density at radius 3 is 2.71 bits per heavy atom. The highest BCUT2D eigenvalue weighted by atomic mass is 35.5. The third-order valence-corrected chi connectivity index (χ3v) is 3.09. The molecule has 0 radical (unpaired) electrons. The molecule has 0 saturated heterocycles. The summed E-state index contributed by atoms with van der Waals surface area (Å²) in [6.45, 7) is 2.23. The quantitative estimate of drug-likeness (QED) is 0.874. The van der Waals surface area contributed by atoms with Crippen molar-refractivity contribution in [1.29, 1.82) is 0 Å². The van der Waals surface area contributed by atoms with Crippen LogP contribution in [0.1, 0.15) is 12.5 Å². The second-order valence-corrected chi connectivity index (χ2v) is 4.59. The summed E-state index contributed by atoms with van der Waals surface area (Å²) in [5.41, 5.74) is 0.979. The van der Waals surface area contributed by atoms with Gasteiger partial charge in [0.15, 0.2) is 0 Å². The number of halogens is 1. The maximum atomic E-state index is 11.9. The summed E-state index contributed by atoms with van der Waals surface area (Å²) in [5.74, 6) is -0.106. The summed E-state index contributed by atoms with van der Waals surface area (Å²) >= 11 is 6.05. The zero-order valence-electron chi connectivity index (χ0n) is 10.2. The lowest BCUT2D eigenvalue weighted by Crippen LogP contribution is -2.34. The van der Waals surface area contributed by atoms with Crippen molar-refractivity contribution in [3.63, 3.8) is 0 Å². The minimum atomic E-state index is -0.133. The van der Waals surface area contributed by atoms with Gasteiger partial charge in [0.1, 0.15) is 0 Å². The van der Waals surface area contributed by atoms with Gasteiger partial charge >= 0.3 is 0 Å². The molecular formula is C13H18ClNO2. The first kappa shape index (κ1) is 14.0. The maximum absolute atomic E-state index is 11.9. The molecule has 4 heteroatoms. The SMILES string of the molecule is CC(Cc1ccccc1Cl)C(=O)N(C)CCO. The highest BCUT2D eigenvalue weighted by Gasteiger charge is 2.18. The van der Waals surface area contributed by atoms with Gasteiger partial charge in [0, 0.05) is 24.5 Å². The minimum Gasteiger partial charge on any atom is -0.395 e. The molecule has 1 aromatic rings.